The lowest BCUT2D eigenvalue weighted by Gasteiger charge is -2.24. The predicted octanol–water partition coefficient (Wildman–Crippen LogP) is 2.13. The van der Waals surface area contributed by atoms with E-state index >= 15 is 0 Å². The van der Waals surface area contributed by atoms with Crippen molar-refractivity contribution in [1.82, 2.24) is 9.88 Å². The number of carbonyl (C=O) groups is 1. The maximum absolute atomic E-state index is 12.0. The van der Waals surface area contributed by atoms with Crippen LogP contribution in [0.2, 0.25) is 0 Å². The number of amides is 1. The first kappa shape index (κ1) is 13.8. The average molecular weight is 264 g/mol. The fourth-order valence-corrected chi connectivity index (χ4v) is 2.15. The van der Waals surface area contributed by atoms with Gasteiger partial charge in [0.15, 0.2) is 0 Å². The van der Waals surface area contributed by atoms with Crippen molar-refractivity contribution < 1.29 is 14.6 Å². The van der Waals surface area contributed by atoms with E-state index in [9.17, 15) is 4.79 Å². The zero-order valence-electron chi connectivity index (χ0n) is 11.9. The van der Waals surface area contributed by atoms with E-state index in [0.29, 0.717) is 18.8 Å². The van der Waals surface area contributed by atoms with Gasteiger partial charge in [-0.2, -0.15) is 0 Å². The molecule has 0 atom stereocenters. The number of hydrogen-bond donors (Lipinski definition) is 1. The first-order chi connectivity index (χ1) is 8.80. The van der Waals surface area contributed by atoms with Gasteiger partial charge in [0, 0.05) is 0 Å². The summed E-state index contributed by atoms with van der Waals surface area (Å²) in [5, 5.41) is 9.15. The van der Waals surface area contributed by atoms with E-state index in [1.807, 2.05) is 33.8 Å². The van der Waals surface area contributed by atoms with Gasteiger partial charge in [-0.15, -0.1) is 0 Å². The molecule has 1 aliphatic heterocycles. The molecule has 5 nitrogen and oxygen atoms in total. The van der Waals surface area contributed by atoms with Gasteiger partial charge in [-0.1, -0.05) is 0 Å². The number of nitrogens with zero attached hydrogens (tertiary/aromatic N) is 2. The first-order valence-corrected chi connectivity index (χ1v) is 6.37. The van der Waals surface area contributed by atoms with Gasteiger partial charge >= 0.3 is 6.09 Å². The normalized spacial score (nSPS) is 14.5. The molecule has 0 saturated heterocycles. The molecule has 1 aromatic heterocycles. The Bertz CT molecular complexity index is 506. The largest absolute Gasteiger partial charge is 0.444 e. The van der Waals surface area contributed by atoms with E-state index in [2.05, 4.69) is 4.98 Å². The molecule has 19 heavy (non-hydrogen) atoms. The van der Waals surface area contributed by atoms with Gasteiger partial charge in [0.25, 0.3) is 0 Å². The molecule has 1 aromatic rings. The number of hydrogen-bond acceptors (Lipinski definition) is 4. The third-order valence-electron chi connectivity index (χ3n) is 2.99. The molecule has 0 radical (unpaired) electrons. The van der Waals surface area contributed by atoms with Crippen LogP contribution in [-0.4, -0.2) is 26.7 Å². The van der Waals surface area contributed by atoms with Crippen LogP contribution in [0.5, 0.6) is 0 Å². The molecule has 104 valence electrons. The Hall–Kier alpha value is -1.62. The first-order valence-electron chi connectivity index (χ1n) is 6.37. The number of aromatic nitrogens is 1. The topological polar surface area (TPSA) is 62.7 Å². The predicted molar refractivity (Wildman–Crippen MR) is 70.4 cm³/mol. The minimum absolute atomic E-state index is 0.0828. The van der Waals surface area contributed by atoms with Crippen molar-refractivity contribution in [2.75, 3.05) is 0 Å². The van der Waals surface area contributed by atoms with E-state index in [4.69, 9.17) is 9.84 Å². The third kappa shape index (κ3) is 3.04. The molecular weight excluding hydrogens is 244 g/mol. The van der Waals surface area contributed by atoms with Gasteiger partial charge in [0.2, 0.25) is 0 Å². The monoisotopic (exact) mass is 264 g/mol. The number of aliphatic hydroxyl groups excluding tert-OH is 1. The molecule has 0 spiro atoms. The molecule has 0 aliphatic carbocycles. The molecular formula is C14H20N2O3. The smallest absolute Gasteiger partial charge is 0.410 e. The average Bonchev–Trinajstić information content (AvgIpc) is 2.71. The number of aryl methyl sites for hydroxylation is 1. The molecule has 0 bridgehead atoms. The van der Waals surface area contributed by atoms with Gasteiger partial charge < -0.3 is 9.84 Å². The zero-order chi connectivity index (χ0) is 14.2. The highest BCUT2D eigenvalue weighted by atomic mass is 16.6. The minimum atomic E-state index is -0.495. The van der Waals surface area contributed by atoms with E-state index in [-0.39, 0.29) is 12.7 Å². The summed E-state index contributed by atoms with van der Waals surface area (Å²) in [6, 6.07) is 1.86. The van der Waals surface area contributed by atoms with Gasteiger partial charge in [0.05, 0.1) is 31.1 Å². The summed E-state index contributed by atoms with van der Waals surface area (Å²) >= 11 is 0. The number of ether oxygens (including phenoxy) is 1. The number of pyridine rings is 1. The summed E-state index contributed by atoms with van der Waals surface area (Å²) in [6.07, 6.45) is -0.324. The summed E-state index contributed by atoms with van der Waals surface area (Å²) in [5.74, 6) is 0. The van der Waals surface area contributed by atoms with Crippen molar-refractivity contribution in [3.05, 3.63) is 28.6 Å². The maximum atomic E-state index is 12.0. The van der Waals surface area contributed by atoms with Crippen molar-refractivity contribution in [3.63, 3.8) is 0 Å². The quantitative estimate of drug-likeness (QED) is 0.844. The van der Waals surface area contributed by atoms with Crippen LogP contribution in [0.3, 0.4) is 0 Å². The van der Waals surface area contributed by atoms with Crippen molar-refractivity contribution in [2.45, 2.75) is 53.0 Å². The molecule has 0 fully saturated rings. The Kier molecular flexibility index (Phi) is 3.49. The second kappa shape index (κ2) is 4.81. The zero-order valence-corrected chi connectivity index (χ0v) is 11.9. The highest BCUT2D eigenvalue weighted by Crippen LogP contribution is 2.26. The third-order valence-corrected chi connectivity index (χ3v) is 2.99. The van der Waals surface area contributed by atoms with Crippen LogP contribution in [0.15, 0.2) is 6.07 Å². The second-order valence-electron chi connectivity index (χ2n) is 5.85. The SMILES string of the molecule is Cc1cc(CO)nc2c1CN(C(=O)OC(C)(C)C)C2. The minimum Gasteiger partial charge on any atom is -0.444 e. The van der Waals surface area contributed by atoms with Gasteiger partial charge in [-0.05, 0) is 44.9 Å². The Labute approximate surface area is 113 Å². The van der Waals surface area contributed by atoms with Crippen molar-refractivity contribution in [1.29, 1.82) is 0 Å². The van der Waals surface area contributed by atoms with E-state index < -0.39 is 5.60 Å². The van der Waals surface area contributed by atoms with Crippen LogP contribution in [0, 0.1) is 6.92 Å². The number of aliphatic hydroxyl groups is 1. The molecule has 1 amide bonds. The molecule has 0 aromatic carbocycles. The van der Waals surface area contributed by atoms with Crippen molar-refractivity contribution in [2.24, 2.45) is 0 Å². The van der Waals surface area contributed by atoms with Gasteiger partial charge in [-0.3, -0.25) is 9.88 Å². The Morgan fingerprint density at radius 1 is 1.47 bits per heavy atom. The Balaban J connectivity index is 2.16. The van der Waals surface area contributed by atoms with Crippen LogP contribution in [0.4, 0.5) is 4.79 Å². The highest BCUT2D eigenvalue weighted by molar-refractivity contribution is 5.69. The summed E-state index contributed by atoms with van der Waals surface area (Å²) < 4.78 is 5.36. The van der Waals surface area contributed by atoms with Crippen molar-refractivity contribution >= 4 is 6.09 Å². The number of rotatable bonds is 1. The van der Waals surface area contributed by atoms with Crippen molar-refractivity contribution in [3.8, 4) is 0 Å². The van der Waals surface area contributed by atoms with E-state index in [1.54, 1.807) is 4.90 Å². The molecule has 2 rings (SSSR count). The molecule has 0 unspecified atom stereocenters. The fourth-order valence-electron chi connectivity index (χ4n) is 2.15. The maximum Gasteiger partial charge on any atom is 0.410 e. The summed E-state index contributed by atoms with van der Waals surface area (Å²) in [7, 11) is 0. The second-order valence-corrected chi connectivity index (χ2v) is 5.85. The molecule has 0 saturated carbocycles. The van der Waals surface area contributed by atoms with Crippen LogP contribution in [-0.2, 0) is 24.4 Å². The molecule has 2 heterocycles. The fraction of sp³-hybridized carbons (Fsp3) is 0.571. The number of carbonyl (C=O) groups excluding carboxylic acids is 1. The summed E-state index contributed by atoms with van der Waals surface area (Å²) in [5.41, 5.74) is 3.12. The lowest BCUT2D eigenvalue weighted by molar-refractivity contribution is 0.0240. The highest BCUT2D eigenvalue weighted by Gasteiger charge is 2.29. The molecule has 1 aliphatic rings. The summed E-state index contributed by atoms with van der Waals surface area (Å²) in [6.45, 7) is 8.40. The van der Waals surface area contributed by atoms with Crippen LogP contribution in [0.25, 0.3) is 0 Å². The van der Waals surface area contributed by atoms with Gasteiger partial charge in [-0.25, -0.2) is 4.79 Å². The van der Waals surface area contributed by atoms with E-state index in [1.165, 1.54) is 0 Å². The molecule has 1 N–H and O–H groups in total. The standard InChI is InChI=1S/C14H20N2O3/c1-9-5-10(8-17)15-12-7-16(6-11(9)12)13(18)19-14(2,3)4/h5,17H,6-8H2,1-4H3. The lowest BCUT2D eigenvalue weighted by Crippen LogP contribution is -2.33. The Morgan fingerprint density at radius 3 is 2.74 bits per heavy atom. The van der Waals surface area contributed by atoms with E-state index in [0.717, 1.165) is 16.8 Å². The van der Waals surface area contributed by atoms with Gasteiger partial charge in [0.1, 0.15) is 5.60 Å². The molecule has 5 heteroatoms. The number of fused-ring (bicyclic) bond motifs is 1. The van der Waals surface area contributed by atoms with Crippen LogP contribution >= 0.6 is 0 Å². The Morgan fingerprint density at radius 2 is 2.16 bits per heavy atom. The lowest BCUT2D eigenvalue weighted by atomic mass is 10.1. The van der Waals surface area contributed by atoms with Crippen LogP contribution in [0.1, 0.15) is 43.3 Å². The summed E-state index contributed by atoms with van der Waals surface area (Å²) in [4.78, 5) is 18.0. The van der Waals surface area contributed by atoms with Crippen LogP contribution < -0.4 is 0 Å².